The fourth-order valence-corrected chi connectivity index (χ4v) is 1.28. The van der Waals surface area contributed by atoms with Gasteiger partial charge < -0.3 is 15.3 Å². The zero-order valence-electron chi connectivity index (χ0n) is 11.5. The quantitative estimate of drug-likeness (QED) is 0.417. The van der Waals surface area contributed by atoms with Gasteiger partial charge in [0.05, 0.1) is 0 Å². The molecule has 0 aromatic heterocycles. The molecule has 108 valence electrons. The van der Waals surface area contributed by atoms with Crippen molar-refractivity contribution in [2.75, 3.05) is 13.2 Å². The molecule has 0 rings (SSSR count). The highest BCUT2D eigenvalue weighted by Crippen LogP contribution is 2.07. The van der Waals surface area contributed by atoms with Crippen LogP contribution < -0.4 is 0 Å². The molecule has 18 heavy (non-hydrogen) atoms. The molecule has 0 unspecified atom stereocenters. The number of rotatable bonds is 10. The van der Waals surface area contributed by atoms with E-state index in [2.05, 4.69) is 6.58 Å². The van der Waals surface area contributed by atoms with Gasteiger partial charge in [0.1, 0.15) is 0 Å². The lowest BCUT2D eigenvalue weighted by Crippen LogP contribution is -1.92. The first-order valence-corrected chi connectivity index (χ1v) is 6.66. The van der Waals surface area contributed by atoms with Crippen molar-refractivity contribution in [3.8, 4) is 0 Å². The lowest BCUT2D eigenvalue weighted by Gasteiger charge is -1.99. The highest BCUT2D eigenvalue weighted by Gasteiger charge is 1.91. The Bertz CT molecular complexity index is 180. The molecule has 0 aliphatic rings. The van der Waals surface area contributed by atoms with Gasteiger partial charge in [-0.2, -0.15) is 0 Å². The van der Waals surface area contributed by atoms with Crippen molar-refractivity contribution in [2.45, 2.75) is 58.3 Å². The lowest BCUT2D eigenvalue weighted by molar-refractivity contribution is -0.132. The standard InChI is InChI=1S/C10H22O2.C4H6O2/c11-9-7-5-3-1-2-4-6-8-10-12;1-3(2)4(5)6/h11-12H,1-10H2;1H2,2H3,(H,5,6). The Morgan fingerprint density at radius 1 is 0.833 bits per heavy atom. The largest absolute Gasteiger partial charge is 0.478 e. The number of aliphatic hydroxyl groups excluding tert-OH is 2. The fraction of sp³-hybridized carbons (Fsp3) is 0.786. The van der Waals surface area contributed by atoms with Gasteiger partial charge in [-0.15, -0.1) is 0 Å². The van der Waals surface area contributed by atoms with Crippen LogP contribution in [0.5, 0.6) is 0 Å². The summed E-state index contributed by atoms with van der Waals surface area (Å²) in [4.78, 5) is 9.60. The van der Waals surface area contributed by atoms with E-state index >= 15 is 0 Å². The number of hydrogen-bond donors (Lipinski definition) is 3. The maximum Gasteiger partial charge on any atom is 0.330 e. The van der Waals surface area contributed by atoms with E-state index in [1.165, 1.54) is 32.6 Å². The first-order chi connectivity index (χ1) is 8.56. The third kappa shape index (κ3) is 20.5. The highest BCUT2D eigenvalue weighted by molar-refractivity contribution is 5.84. The summed E-state index contributed by atoms with van der Waals surface area (Å²) in [6.45, 7) is 5.28. The monoisotopic (exact) mass is 260 g/mol. The van der Waals surface area contributed by atoms with Crippen molar-refractivity contribution in [1.82, 2.24) is 0 Å². The van der Waals surface area contributed by atoms with Crippen LogP contribution in [0.3, 0.4) is 0 Å². The second-order valence-corrected chi connectivity index (χ2v) is 4.36. The van der Waals surface area contributed by atoms with Gasteiger partial charge in [-0.1, -0.05) is 45.1 Å². The van der Waals surface area contributed by atoms with Crippen LogP contribution in [0.2, 0.25) is 0 Å². The average molecular weight is 260 g/mol. The van der Waals surface area contributed by atoms with Crippen molar-refractivity contribution in [3.63, 3.8) is 0 Å². The minimum Gasteiger partial charge on any atom is -0.478 e. The molecule has 3 N–H and O–H groups in total. The number of hydrogen-bond acceptors (Lipinski definition) is 3. The molecule has 4 heteroatoms. The van der Waals surface area contributed by atoms with E-state index in [1.807, 2.05) is 0 Å². The van der Waals surface area contributed by atoms with Crippen molar-refractivity contribution in [3.05, 3.63) is 12.2 Å². The summed E-state index contributed by atoms with van der Waals surface area (Å²) in [6, 6.07) is 0. The van der Waals surface area contributed by atoms with Gasteiger partial charge in [0.15, 0.2) is 0 Å². The molecule has 0 aromatic rings. The van der Waals surface area contributed by atoms with Crippen molar-refractivity contribution >= 4 is 5.97 Å². The van der Waals surface area contributed by atoms with Gasteiger partial charge in [-0.25, -0.2) is 4.79 Å². The smallest absolute Gasteiger partial charge is 0.330 e. The molecular formula is C14H28O4. The van der Waals surface area contributed by atoms with Crippen LogP contribution in [0, 0.1) is 0 Å². The second-order valence-electron chi connectivity index (χ2n) is 4.36. The summed E-state index contributed by atoms with van der Waals surface area (Å²) >= 11 is 0. The average Bonchev–Trinajstić information content (AvgIpc) is 2.33. The van der Waals surface area contributed by atoms with Crippen LogP contribution >= 0.6 is 0 Å². The molecule has 4 nitrogen and oxygen atoms in total. The molecule has 0 saturated heterocycles. The second kappa shape index (κ2) is 16.1. The summed E-state index contributed by atoms with van der Waals surface area (Å²) in [6.07, 6.45) is 9.30. The van der Waals surface area contributed by atoms with E-state index in [1.54, 1.807) is 0 Å². The topological polar surface area (TPSA) is 77.8 Å². The number of carboxylic acid groups (broad SMARTS) is 1. The predicted molar refractivity (Wildman–Crippen MR) is 73.6 cm³/mol. The van der Waals surface area contributed by atoms with Gasteiger partial charge in [0.25, 0.3) is 0 Å². The number of unbranched alkanes of at least 4 members (excludes halogenated alkanes) is 7. The molecule has 0 aromatic carbocycles. The van der Waals surface area contributed by atoms with E-state index in [0.717, 1.165) is 25.7 Å². The van der Waals surface area contributed by atoms with E-state index in [-0.39, 0.29) is 5.57 Å². The molecule has 0 heterocycles. The molecule has 0 atom stereocenters. The van der Waals surface area contributed by atoms with Gasteiger partial charge >= 0.3 is 5.97 Å². The predicted octanol–water partition coefficient (Wildman–Crippen LogP) is 2.74. The van der Waals surface area contributed by atoms with Crippen LogP contribution in [0.25, 0.3) is 0 Å². The Hall–Kier alpha value is -0.870. The molecule has 0 amide bonds. The molecule has 0 aliphatic carbocycles. The van der Waals surface area contributed by atoms with Crippen LogP contribution in [-0.4, -0.2) is 34.5 Å². The normalized spacial score (nSPS) is 9.50. The number of carboxylic acids is 1. The van der Waals surface area contributed by atoms with Crippen LogP contribution in [0.4, 0.5) is 0 Å². The van der Waals surface area contributed by atoms with Crippen LogP contribution in [0.15, 0.2) is 12.2 Å². The Morgan fingerprint density at radius 3 is 1.22 bits per heavy atom. The van der Waals surface area contributed by atoms with E-state index < -0.39 is 5.97 Å². The van der Waals surface area contributed by atoms with Gasteiger partial charge in [0, 0.05) is 18.8 Å². The lowest BCUT2D eigenvalue weighted by atomic mass is 10.1. The maximum absolute atomic E-state index is 9.60. The molecule has 0 bridgehead atoms. The van der Waals surface area contributed by atoms with E-state index in [4.69, 9.17) is 15.3 Å². The number of carbonyl (C=O) groups is 1. The first-order valence-electron chi connectivity index (χ1n) is 6.66. The maximum atomic E-state index is 9.60. The molecule has 0 aliphatic heterocycles. The number of aliphatic hydroxyl groups is 2. The Kier molecular flexibility index (Phi) is 17.4. The molecular weight excluding hydrogens is 232 g/mol. The van der Waals surface area contributed by atoms with Gasteiger partial charge in [-0.3, -0.25) is 0 Å². The van der Waals surface area contributed by atoms with Crippen molar-refractivity contribution in [1.29, 1.82) is 0 Å². The zero-order valence-corrected chi connectivity index (χ0v) is 11.5. The van der Waals surface area contributed by atoms with Crippen molar-refractivity contribution < 1.29 is 20.1 Å². The minimum absolute atomic E-state index is 0.176. The van der Waals surface area contributed by atoms with Crippen LogP contribution in [-0.2, 0) is 4.79 Å². The summed E-state index contributed by atoms with van der Waals surface area (Å²) in [5, 5.41) is 24.9. The summed E-state index contributed by atoms with van der Waals surface area (Å²) in [7, 11) is 0. The Morgan fingerprint density at radius 2 is 1.06 bits per heavy atom. The summed E-state index contributed by atoms with van der Waals surface area (Å²) in [5.41, 5.74) is 0.176. The Balaban J connectivity index is 0. The summed E-state index contributed by atoms with van der Waals surface area (Å²) in [5.74, 6) is -0.935. The Labute approximate surface area is 110 Å². The van der Waals surface area contributed by atoms with E-state index in [0.29, 0.717) is 13.2 Å². The molecule has 0 radical (unpaired) electrons. The number of aliphatic carboxylic acids is 1. The molecule has 0 fully saturated rings. The highest BCUT2D eigenvalue weighted by atomic mass is 16.4. The zero-order chi connectivity index (χ0) is 14.2. The third-order valence-electron chi connectivity index (χ3n) is 2.43. The molecule has 0 saturated carbocycles. The van der Waals surface area contributed by atoms with Crippen LogP contribution in [0.1, 0.15) is 58.3 Å². The summed E-state index contributed by atoms with van der Waals surface area (Å²) < 4.78 is 0. The van der Waals surface area contributed by atoms with Gasteiger partial charge in [-0.05, 0) is 19.8 Å². The SMILES string of the molecule is C=C(C)C(=O)O.OCCCCCCCCCCO. The van der Waals surface area contributed by atoms with Gasteiger partial charge in [0.2, 0.25) is 0 Å². The first kappa shape index (κ1) is 19.5. The van der Waals surface area contributed by atoms with E-state index in [9.17, 15) is 4.79 Å². The van der Waals surface area contributed by atoms with Crippen molar-refractivity contribution in [2.24, 2.45) is 0 Å². The fourth-order valence-electron chi connectivity index (χ4n) is 1.28. The minimum atomic E-state index is -0.935. The third-order valence-corrected chi connectivity index (χ3v) is 2.43. The molecule has 0 spiro atoms.